The summed E-state index contributed by atoms with van der Waals surface area (Å²) in [7, 11) is 0. The van der Waals surface area contributed by atoms with Crippen molar-refractivity contribution in [1.29, 1.82) is 0 Å². The minimum Gasteiger partial charge on any atom is -0.379 e. The summed E-state index contributed by atoms with van der Waals surface area (Å²) in [5.74, 6) is 0. The van der Waals surface area contributed by atoms with Crippen molar-refractivity contribution in [1.82, 2.24) is 0 Å². The van der Waals surface area contributed by atoms with E-state index < -0.39 is 3.42 Å². The van der Waals surface area contributed by atoms with E-state index in [-0.39, 0.29) is 0 Å². The summed E-state index contributed by atoms with van der Waals surface area (Å²) in [6.45, 7) is 8.00. The molecule has 0 amide bonds. The van der Waals surface area contributed by atoms with E-state index in [1.807, 2.05) is 13.8 Å². The predicted molar refractivity (Wildman–Crippen MR) is 70.3 cm³/mol. The molecule has 0 rings (SSSR count). The lowest BCUT2D eigenvalue weighted by Crippen LogP contribution is -2.24. The molecule has 0 spiro atoms. The normalized spacial score (nSPS) is 12.0. The second-order valence-electron chi connectivity index (χ2n) is 2.93. The van der Waals surface area contributed by atoms with Crippen molar-refractivity contribution in [3.8, 4) is 0 Å². The molecule has 0 aromatic carbocycles. The van der Waals surface area contributed by atoms with Crippen LogP contribution in [0.3, 0.4) is 0 Å². The molecule has 0 aliphatic rings. The smallest absolute Gasteiger partial charge is 0.201 e. The van der Waals surface area contributed by atoms with Crippen molar-refractivity contribution >= 4 is 31.9 Å². The highest BCUT2D eigenvalue weighted by molar-refractivity contribution is 9.25. The molecule has 0 N–H and O–H groups in total. The molecular formula is C10H20Br2O4. The third kappa shape index (κ3) is 11.3. The molecule has 4 nitrogen and oxygen atoms in total. The molecule has 0 aliphatic heterocycles. The van der Waals surface area contributed by atoms with Crippen LogP contribution in [0.2, 0.25) is 0 Å². The first-order valence-corrected chi connectivity index (χ1v) is 6.96. The van der Waals surface area contributed by atoms with E-state index in [1.165, 1.54) is 0 Å². The van der Waals surface area contributed by atoms with Crippen LogP contribution in [0.25, 0.3) is 0 Å². The van der Waals surface area contributed by atoms with Gasteiger partial charge >= 0.3 is 0 Å². The Balaban J connectivity index is 3.20. The highest BCUT2D eigenvalue weighted by Crippen LogP contribution is 2.27. The Morgan fingerprint density at radius 1 is 0.812 bits per heavy atom. The SMILES string of the molecule is CCOCCOCCOCC(Br)(Br)OCC. The van der Waals surface area contributed by atoms with Crippen molar-refractivity contribution in [3.63, 3.8) is 0 Å². The Bertz CT molecular complexity index is 156. The third-order valence-corrected chi connectivity index (χ3v) is 2.49. The molecule has 6 heteroatoms. The fourth-order valence-electron chi connectivity index (χ4n) is 0.926. The monoisotopic (exact) mass is 362 g/mol. The average Bonchev–Trinajstić information content (AvgIpc) is 2.22. The summed E-state index contributed by atoms with van der Waals surface area (Å²) in [6.07, 6.45) is 0. The van der Waals surface area contributed by atoms with Gasteiger partial charge in [0.2, 0.25) is 3.42 Å². The van der Waals surface area contributed by atoms with Crippen LogP contribution < -0.4 is 0 Å². The fourth-order valence-corrected chi connectivity index (χ4v) is 1.71. The number of halogens is 2. The first-order chi connectivity index (χ1) is 7.62. The molecule has 0 saturated carbocycles. The lowest BCUT2D eigenvalue weighted by Gasteiger charge is -2.20. The lowest BCUT2D eigenvalue weighted by molar-refractivity contribution is -0.0118. The first kappa shape index (κ1) is 16.8. The molecular weight excluding hydrogens is 344 g/mol. The molecule has 0 aromatic heterocycles. The Morgan fingerprint density at radius 3 is 1.94 bits per heavy atom. The van der Waals surface area contributed by atoms with E-state index in [2.05, 4.69) is 31.9 Å². The van der Waals surface area contributed by atoms with E-state index in [0.717, 1.165) is 6.61 Å². The third-order valence-electron chi connectivity index (χ3n) is 1.57. The van der Waals surface area contributed by atoms with Crippen LogP contribution in [0.1, 0.15) is 13.8 Å². The van der Waals surface area contributed by atoms with Gasteiger partial charge in [-0.3, -0.25) is 0 Å². The van der Waals surface area contributed by atoms with E-state index in [9.17, 15) is 0 Å². The van der Waals surface area contributed by atoms with Gasteiger partial charge in [-0.1, -0.05) is 0 Å². The van der Waals surface area contributed by atoms with Crippen molar-refractivity contribution in [2.45, 2.75) is 17.3 Å². The molecule has 0 radical (unpaired) electrons. The molecule has 0 heterocycles. The van der Waals surface area contributed by atoms with Gasteiger partial charge < -0.3 is 18.9 Å². The largest absolute Gasteiger partial charge is 0.379 e. The standard InChI is InChI=1S/C10H20Br2O4/c1-3-13-5-6-14-7-8-15-9-10(11,12)16-4-2/h3-9H2,1-2H3. The average molecular weight is 364 g/mol. The molecule has 0 aliphatic carbocycles. The van der Waals surface area contributed by atoms with Crippen molar-refractivity contribution < 1.29 is 18.9 Å². The van der Waals surface area contributed by atoms with Gasteiger partial charge in [0.25, 0.3) is 0 Å². The summed E-state index contributed by atoms with van der Waals surface area (Å²) in [5, 5.41) is 0. The Kier molecular flexibility index (Phi) is 11.5. The van der Waals surface area contributed by atoms with Crippen LogP contribution in [0, 0.1) is 0 Å². The van der Waals surface area contributed by atoms with E-state index >= 15 is 0 Å². The maximum absolute atomic E-state index is 5.37. The minimum absolute atomic E-state index is 0.426. The maximum atomic E-state index is 5.37. The number of ether oxygens (including phenoxy) is 4. The van der Waals surface area contributed by atoms with Crippen LogP contribution in [0.15, 0.2) is 0 Å². The number of alkyl halides is 2. The summed E-state index contributed by atoms with van der Waals surface area (Å²) in [4.78, 5) is 0. The Labute approximate surface area is 114 Å². The van der Waals surface area contributed by atoms with Gasteiger partial charge in [0.1, 0.15) is 0 Å². The first-order valence-electron chi connectivity index (χ1n) is 5.37. The van der Waals surface area contributed by atoms with E-state index in [4.69, 9.17) is 18.9 Å². The molecule has 0 atom stereocenters. The van der Waals surface area contributed by atoms with Crippen LogP contribution in [0.5, 0.6) is 0 Å². The number of rotatable bonds is 11. The van der Waals surface area contributed by atoms with Gasteiger partial charge in [-0.15, -0.1) is 0 Å². The van der Waals surface area contributed by atoms with E-state index in [0.29, 0.717) is 39.6 Å². The zero-order chi connectivity index (χ0) is 12.3. The quantitative estimate of drug-likeness (QED) is 0.417. The molecule has 98 valence electrons. The topological polar surface area (TPSA) is 36.9 Å². The summed E-state index contributed by atoms with van der Waals surface area (Å²) < 4.78 is 20.5. The fraction of sp³-hybridized carbons (Fsp3) is 1.00. The van der Waals surface area contributed by atoms with Crippen molar-refractivity contribution in [3.05, 3.63) is 0 Å². The van der Waals surface area contributed by atoms with Crippen LogP contribution in [-0.4, -0.2) is 49.7 Å². The molecule has 0 saturated heterocycles. The van der Waals surface area contributed by atoms with Gasteiger partial charge in [-0.25, -0.2) is 0 Å². The second kappa shape index (κ2) is 10.9. The van der Waals surface area contributed by atoms with Gasteiger partial charge in [-0.05, 0) is 45.7 Å². The molecule has 0 fully saturated rings. The molecule has 0 unspecified atom stereocenters. The minimum atomic E-state index is -0.583. The molecule has 0 bridgehead atoms. The Morgan fingerprint density at radius 2 is 1.38 bits per heavy atom. The van der Waals surface area contributed by atoms with Crippen LogP contribution >= 0.6 is 31.9 Å². The van der Waals surface area contributed by atoms with Gasteiger partial charge in [0.05, 0.1) is 33.0 Å². The number of hydrogen-bond acceptors (Lipinski definition) is 4. The van der Waals surface area contributed by atoms with Crippen molar-refractivity contribution in [2.75, 3.05) is 46.2 Å². The zero-order valence-electron chi connectivity index (χ0n) is 9.84. The summed E-state index contributed by atoms with van der Waals surface area (Å²) in [6, 6.07) is 0. The van der Waals surface area contributed by atoms with Gasteiger partial charge in [0.15, 0.2) is 0 Å². The molecule has 0 aromatic rings. The summed E-state index contributed by atoms with van der Waals surface area (Å²) in [5.41, 5.74) is 0. The van der Waals surface area contributed by atoms with Gasteiger partial charge in [-0.2, -0.15) is 0 Å². The zero-order valence-corrected chi connectivity index (χ0v) is 13.0. The summed E-state index contributed by atoms with van der Waals surface area (Å²) >= 11 is 6.71. The number of hydrogen-bond donors (Lipinski definition) is 0. The predicted octanol–water partition coefficient (Wildman–Crippen LogP) is 2.54. The highest BCUT2D eigenvalue weighted by Gasteiger charge is 2.22. The second-order valence-corrected chi connectivity index (χ2v) is 6.56. The Hall–Kier alpha value is 0.800. The maximum Gasteiger partial charge on any atom is 0.201 e. The van der Waals surface area contributed by atoms with E-state index in [1.54, 1.807) is 0 Å². The molecule has 16 heavy (non-hydrogen) atoms. The lowest BCUT2D eigenvalue weighted by atomic mass is 10.7. The highest BCUT2D eigenvalue weighted by atomic mass is 79.9. The van der Waals surface area contributed by atoms with Crippen molar-refractivity contribution in [2.24, 2.45) is 0 Å². The van der Waals surface area contributed by atoms with Gasteiger partial charge in [0, 0.05) is 13.2 Å². The van der Waals surface area contributed by atoms with Crippen LogP contribution in [0.4, 0.5) is 0 Å². The van der Waals surface area contributed by atoms with Crippen LogP contribution in [-0.2, 0) is 18.9 Å².